The number of carbonyl (C=O) groups is 2. The van der Waals surface area contributed by atoms with E-state index in [9.17, 15) is 9.59 Å². The number of benzene rings is 1. The number of piperazine rings is 1. The van der Waals surface area contributed by atoms with E-state index in [1.165, 1.54) is 11.1 Å². The first kappa shape index (κ1) is 22.5. The van der Waals surface area contributed by atoms with Crippen LogP contribution in [0.25, 0.3) is 11.3 Å². The van der Waals surface area contributed by atoms with Crippen LogP contribution in [0.4, 0.5) is 0 Å². The van der Waals surface area contributed by atoms with Gasteiger partial charge in [0.25, 0.3) is 0 Å². The predicted octanol–water partition coefficient (Wildman–Crippen LogP) is 3.03. The number of nitrogens with one attached hydrogen (secondary N) is 2. The van der Waals surface area contributed by atoms with E-state index in [-0.39, 0.29) is 29.9 Å². The Morgan fingerprint density at radius 2 is 2.03 bits per heavy atom. The van der Waals surface area contributed by atoms with Gasteiger partial charge in [0.15, 0.2) is 0 Å². The van der Waals surface area contributed by atoms with Gasteiger partial charge >= 0.3 is 0 Å². The van der Waals surface area contributed by atoms with Gasteiger partial charge in [0.05, 0.1) is 17.9 Å². The molecular formula is C25H35N5O2. The third-order valence-corrected chi connectivity index (χ3v) is 6.86. The molecule has 0 aliphatic carbocycles. The summed E-state index contributed by atoms with van der Waals surface area (Å²) in [6, 6.07) is 6.49. The lowest BCUT2D eigenvalue weighted by Gasteiger charge is -2.43. The Morgan fingerprint density at radius 1 is 1.25 bits per heavy atom. The summed E-state index contributed by atoms with van der Waals surface area (Å²) in [7, 11) is 0. The van der Waals surface area contributed by atoms with E-state index in [1.807, 2.05) is 11.1 Å². The molecule has 0 saturated carbocycles. The Morgan fingerprint density at radius 3 is 2.72 bits per heavy atom. The van der Waals surface area contributed by atoms with Gasteiger partial charge in [-0.25, -0.2) is 0 Å². The summed E-state index contributed by atoms with van der Waals surface area (Å²) in [6.07, 6.45) is 3.53. The minimum atomic E-state index is -0.148. The van der Waals surface area contributed by atoms with Crippen molar-refractivity contribution < 1.29 is 9.59 Å². The first-order valence-electron chi connectivity index (χ1n) is 11.6. The smallest absolute Gasteiger partial charge is 0.240 e. The lowest BCUT2D eigenvalue weighted by Crippen LogP contribution is -2.59. The maximum Gasteiger partial charge on any atom is 0.240 e. The summed E-state index contributed by atoms with van der Waals surface area (Å²) >= 11 is 0. The number of carbonyl (C=O) groups excluding carboxylic acids is 2. The minimum Gasteiger partial charge on any atom is -0.352 e. The zero-order valence-electron chi connectivity index (χ0n) is 19.8. The van der Waals surface area contributed by atoms with E-state index in [2.05, 4.69) is 66.3 Å². The molecule has 3 unspecified atom stereocenters. The van der Waals surface area contributed by atoms with Crippen molar-refractivity contribution in [2.45, 2.75) is 72.1 Å². The van der Waals surface area contributed by atoms with Crippen LogP contribution in [0.1, 0.15) is 50.3 Å². The van der Waals surface area contributed by atoms with Gasteiger partial charge in [-0.2, -0.15) is 5.10 Å². The molecule has 2 aliphatic heterocycles. The number of H-pyrrole nitrogens is 1. The summed E-state index contributed by atoms with van der Waals surface area (Å²) < 4.78 is 0. The number of rotatable bonds is 6. The summed E-state index contributed by atoms with van der Waals surface area (Å²) in [4.78, 5) is 29.4. The number of aromatic nitrogens is 2. The Kier molecular flexibility index (Phi) is 6.38. The number of amides is 2. The normalized spacial score (nSPS) is 23.6. The Hall–Kier alpha value is -2.67. The zero-order valence-corrected chi connectivity index (χ0v) is 19.8. The fourth-order valence-electron chi connectivity index (χ4n) is 5.17. The van der Waals surface area contributed by atoms with Gasteiger partial charge in [0.1, 0.15) is 0 Å². The van der Waals surface area contributed by atoms with Crippen LogP contribution >= 0.6 is 0 Å². The molecule has 0 radical (unpaired) electrons. The second-order valence-corrected chi connectivity index (χ2v) is 9.92. The number of hydrogen-bond donors (Lipinski definition) is 2. The fraction of sp³-hybridized carbons (Fsp3) is 0.560. The molecule has 172 valence electrons. The molecular weight excluding hydrogens is 402 g/mol. The zero-order chi connectivity index (χ0) is 23.0. The standard InChI is InChI=1S/C25H35N5O2/c1-15(2)8-23-25(32)30-13-21(27-18(5)31)10-22(30)14-29(23)12-20-11-26-28-24(20)19-7-6-16(3)17(4)9-19/h6-7,9,11,15,21-23H,8,10,12-14H2,1-5H3,(H,26,28)(H,27,31). The van der Waals surface area contributed by atoms with Crippen molar-refractivity contribution >= 4 is 11.8 Å². The van der Waals surface area contributed by atoms with E-state index < -0.39 is 0 Å². The van der Waals surface area contributed by atoms with Crippen LogP contribution in [-0.4, -0.2) is 63.0 Å². The molecule has 4 rings (SSSR count). The maximum absolute atomic E-state index is 13.5. The Balaban J connectivity index is 1.58. The highest BCUT2D eigenvalue weighted by Crippen LogP contribution is 2.32. The van der Waals surface area contributed by atoms with Crippen molar-refractivity contribution in [3.05, 3.63) is 41.1 Å². The highest BCUT2D eigenvalue weighted by molar-refractivity contribution is 5.84. The second-order valence-electron chi connectivity index (χ2n) is 9.92. The number of hydrogen-bond acceptors (Lipinski definition) is 4. The third kappa shape index (κ3) is 4.58. The van der Waals surface area contributed by atoms with Crippen LogP contribution in [0, 0.1) is 19.8 Å². The molecule has 3 atom stereocenters. The van der Waals surface area contributed by atoms with Crippen LogP contribution < -0.4 is 5.32 Å². The molecule has 2 aromatic rings. The average molecular weight is 438 g/mol. The monoisotopic (exact) mass is 437 g/mol. The lowest BCUT2D eigenvalue weighted by molar-refractivity contribution is -0.145. The second kappa shape index (κ2) is 9.06. The molecule has 0 bridgehead atoms. The van der Waals surface area contributed by atoms with E-state index >= 15 is 0 Å². The van der Waals surface area contributed by atoms with Crippen molar-refractivity contribution in [1.82, 2.24) is 25.3 Å². The van der Waals surface area contributed by atoms with Gasteiger partial charge in [0, 0.05) is 49.8 Å². The highest BCUT2D eigenvalue weighted by Gasteiger charge is 2.45. The first-order valence-corrected chi connectivity index (χ1v) is 11.6. The minimum absolute atomic E-state index is 0.0330. The van der Waals surface area contributed by atoms with Crippen LogP contribution in [-0.2, 0) is 16.1 Å². The summed E-state index contributed by atoms with van der Waals surface area (Å²) in [5, 5.41) is 10.5. The molecule has 2 saturated heterocycles. The molecule has 3 heterocycles. The number of fused-ring (bicyclic) bond motifs is 1. The molecule has 0 spiro atoms. The molecule has 1 aromatic heterocycles. The van der Waals surface area contributed by atoms with Crippen molar-refractivity contribution in [2.24, 2.45) is 5.92 Å². The molecule has 32 heavy (non-hydrogen) atoms. The largest absolute Gasteiger partial charge is 0.352 e. The highest BCUT2D eigenvalue weighted by atomic mass is 16.2. The molecule has 2 N–H and O–H groups in total. The van der Waals surface area contributed by atoms with Crippen molar-refractivity contribution in [3.63, 3.8) is 0 Å². The molecule has 2 amide bonds. The van der Waals surface area contributed by atoms with Gasteiger partial charge in [-0.15, -0.1) is 0 Å². The van der Waals surface area contributed by atoms with Crippen LogP contribution in [0.15, 0.2) is 24.4 Å². The van der Waals surface area contributed by atoms with Crippen molar-refractivity contribution in [3.8, 4) is 11.3 Å². The summed E-state index contributed by atoms with van der Waals surface area (Å²) in [5.74, 6) is 0.577. The summed E-state index contributed by atoms with van der Waals surface area (Å²) in [6.45, 7) is 12.2. The number of aryl methyl sites for hydroxylation is 2. The quantitative estimate of drug-likeness (QED) is 0.728. The lowest BCUT2D eigenvalue weighted by atomic mass is 9.96. The molecule has 2 aliphatic rings. The first-order chi connectivity index (χ1) is 15.2. The molecule has 7 nitrogen and oxygen atoms in total. The van der Waals surface area contributed by atoms with Gasteiger partial charge in [-0.1, -0.05) is 26.0 Å². The van der Waals surface area contributed by atoms with E-state index in [0.717, 1.165) is 36.2 Å². The predicted molar refractivity (Wildman–Crippen MR) is 125 cm³/mol. The SMILES string of the molecule is CC(=O)NC1CC2CN(Cc3cn[nH]c3-c3ccc(C)c(C)c3)C(CC(C)C)C(=O)N2C1. The molecule has 1 aromatic carbocycles. The van der Waals surface area contributed by atoms with E-state index in [0.29, 0.717) is 19.0 Å². The average Bonchev–Trinajstić information content (AvgIpc) is 3.33. The molecule has 7 heteroatoms. The molecule has 2 fully saturated rings. The van der Waals surface area contributed by atoms with E-state index in [4.69, 9.17) is 0 Å². The summed E-state index contributed by atoms with van der Waals surface area (Å²) in [5.41, 5.74) is 5.77. The Labute approximate surface area is 190 Å². The fourth-order valence-corrected chi connectivity index (χ4v) is 5.17. The number of aromatic amines is 1. The van der Waals surface area contributed by atoms with Gasteiger partial charge < -0.3 is 10.2 Å². The van der Waals surface area contributed by atoms with Gasteiger partial charge in [-0.3, -0.25) is 19.6 Å². The van der Waals surface area contributed by atoms with E-state index in [1.54, 1.807) is 6.92 Å². The van der Waals surface area contributed by atoms with Crippen LogP contribution in [0.5, 0.6) is 0 Å². The van der Waals surface area contributed by atoms with Crippen molar-refractivity contribution in [1.29, 1.82) is 0 Å². The Bertz CT molecular complexity index is 998. The van der Waals surface area contributed by atoms with Gasteiger partial charge in [0.2, 0.25) is 11.8 Å². The maximum atomic E-state index is 13.5. The topological polar surface area (TPSA) is 81.3 Å². The number of nitrogens with zero attached hydrogens (tertiary/aromatic N) is 3. The van der Waals surface area contributed by atoms with Crippen LogP contribution in [0.3, 0.4) is 0 Å². The van der Waals surface area contributed by atoms with Gasteiger partial charge in [-0.05, 0) is 49.8 Å². The van der Waals surface area contributed by atoms with Crippen molar-refractivity contribution in [2.75, 3.05) is 13.1 Å². The van der Waals surface area contributed by atoms with Crippen LogP contribution in [0.2, 0.25) is 0 Å². The third-order valence-electron chi connectivity index (χ3n) is 6.86.